The van der Waals surface area contributed by atoms with Crippen LogP contribution in [0.5, 0.6) is 0 Å². The first-order valence-electron chi connectivity index (χ1n) is 9.40. The molecule has 0 atom stereocenters. The molecule has 2 aromatic rings. The van der Waals surface area contributed by atoms with Crippen LogP contribution in [0.4, 0.5) is 0 Å². The van der Waals surface area contributed by atoms with E-state index in [1.807, 2.05) is 0 Å². The summed E-state index contributed by atoms with van der Waals surface area (Å²) in [7, 11) is -7.16. The quantitative estimate of drug-likeness (QED) is 0.670. The highest BCUT2D eigenvalue weighted by molar-refractivity contribution is 7.90. The van der Waals surface area contributed by atoms with E-state index in [1.165, 1.54) is 16.4 Å². The number of sulfonamides is 1. The summed E-state index contributed by atoms with van der Waals surface area (Å²) >= 11 is 0. The third-order valence-electron chi connectivity index (χ3n) is 4.64. The van der Waals surface area contributed by atoms with Gasteiger partial charge in [0.1, 0.15) is 0 Å². The number of rotatable bonds is 8. The van der Waals surface area contributed by atoms with Crippen LogP contribution in [-0.2, 0) is 25.6 Å². The molecule has 2 heterocycles. The van der Waals surface area contributed by atoms with Gasteiger partial charge in [0.05, 0.1) is 11.5 Å². The second-order valence-electron chi connectivity index (χ2n) is 6.92. The number of carbonyl (C=O) groups is 1. The van der Waals surface area contributed by atoms with Gasteiger partial charge in [-0.3, -0.25) is 4.79 Å². The number of sulfone groups is 1. The molecule has 1 aromatic carbocycles. The van der Waals surface area contributed by atoms with Gasteiger partial charge in [0.2, 0.25) is 5.09 Å². The molecule has 0 bridgehead atoms. The molecule has 1 aliphatic heterocycles. The highest BCUT2D eigenvalue weighted by Gasteiger charge is 2.29. The first kappa shape index (κ1) is 21.5. The molecule has 1 N–H and O–H groups in total. The number of hydrogen-bond donors (Lipinski definition) is 1. The fourth-order valence-electron chi connectivity index (χ4n) is 3.12. The minimum atomic E-state index is -3.76. The van der Waals surface area contributed by atoms with Crippen LogP contribution in [0.15, 0.2) is 52.0 Å². The van der Waals surface area contributed by atoms with Crippen molar-refractivity contribution in [2.75, 3.05) is 25.4 Å². The van der Waals surface area contributed by atoms with Crippen molar-refractivity contribution in [2.24, 2.45) is 0 Å². The number of furan rings is 1. The van der Waals surface area contributed by atoms with Crippen molar-refractivity contribution in [2.45, 2.75) is 30.1 Å². The number of nitrogens with zero attached hydrogens (tertiary/aromatic N) is 1. The number of amides is 1. The fraction of sp³-hybridized carbons (Fsp3) is 0.421. The van der Waals surface area contributed by atoms with Gasteiger partial charge in [-0.15, -0.1) is 0 Å². The van der Waals surface area contributed by atoms with E-state index >= 15 is 0 Å². The first-order valence-corrected chi connectivity index (χ1v) is 12.7. The molecule has 1 saturated heterocycles. The van der Waals surface area contributed by atoms with Crippen LogP contribution in [0.3, 0.4) is 0 Å². The molecule has 3 rings (SSSR count). The molecule has 1 fully saturated rings. The molecule has 0 spiro atoms. The maximum atomic E-state index is 12.6. The molecular weight excluding hydrogens is 416 g/mol. The zero-order chi connectivity index (χ0) is 20.9. The SMILES string of the molecule is O=C(NCCS(=O)(=O)Cc1ccccc1)c1ccc(S(=O)(=O)N2CCCCC2)o1. The maximum Gasteiger partial charge on any atom is 0.287 e. The van der Waals surface area contributed by atoms with Crippen molar-refractivity contribution in [3.8, 4) is 0 Å². The van der Waals surface area contributed by atoms with E-state index in [0.717, 1.165) is 19.3 Å². The normalized spacial score (nSPS) is 15.9. The molecule has 1 amide bonds. The fourth-order valence-corrected chi connectivity index (χ4v) is 5.81. The maximum absolute atomic E-state index is 12.6. The Bertz CT molecular complexity index is 1040. The summed E-state index contributed by atoms with van der Waals surface area (Å²) in [4.78, 5) is 12.2. The van der Waals surface area contributed by atoms with Crippen molar-refractivity contribution < 1.29 is 26.0 Å². The average Bonchev–Trinajstić information content (AvgIpc) is 3.20. The number of nitrogens with one attached hydrogen (secondary N) is 1. The molecule has 1 aromatic heterocycles. The predicted molar refractivity (Wildman–Crippen MR) is 108 cm³/mol. The van der Waals surface area contributed by atoms with E-state index in [-0.39, 0.29) is 28.9 Å². The lowest BCUT2D eigenvalue weighted by atomic mass is 10.2. The summed E-state index contributed by atoms with van der Waals surface area (Å²) < 4.78 is 56.1. The minimum absolute atomic E-state index is 0.0943. The predicted octanol–water partition coefficient (Wildman–Crippen LogP) is 1.80. The van der Waals surface area contributed by atoms with E-state index in [0.29, 0.717) is 18.7 Å². The number of piperidine rings is 1. The van der Waals surface area contributed by atoms with Crippen molar-refractivity contribution >= 4 is 25.8 Å². The van der Waals surface area contributed by atoms with Gasteiger partial charge in [-0.1, -0.05) is 36.8 Å². The standard InChI is InChI=1S/C19H24N2O6S2/c22-19(20-11-14-28(23,24)15-16-7-3-1-4-8-16)17-9-10-18(27-17)29(25,26)21-12-5-2-6-13-21/h1,3-4,7-10H,2,5-6,11-15H2,(H,20,22). The zero-order valence-electron chi connectivity index (χ0n) is 15.9. The molecule has 0 radical (unpaired) electrons. The van der Waals surface area contributed by atoms with Crippen molar-refractivity contribution in [3.05, 3.63) is 53.8 Å². The Labute approximate surface area is 170 Å². The molecular formula is C19H24N2O6S2. The van der Waals surface area contributed by atoms with Crippen LogP contribution in [-0.4, -0.2) is 52.4 Å². The van der Waals surface area contributed by atoms with Gasteiger partial charge in [0.15, 0.2) is 15.6 Å². The Hall–Kier alpha value is -2.17. The van der Waals surface area contributed by atoms with Crippen molar-refractivity contribution in [1.82, 2.24) is 9.62 Å². The lowest BCUT2D eigenvalue weighted by molar-refractivity contribution is 0.0923. The van der Waals surface area contributed by atoms with E-state index in [2.05, 4.69) is 5.32 Å². The highest BCUT2D eigenvalue weighted by Crippen LogP contribution is 2.22. The van der Waals surface area contributed by atoms with Gasteiger partial charge in [0.25, 0.3) is 15.9 Å². The van der Waals surface area contributed by atoms with Gasteiger partial charge in [-0.25, -0.2) is 16.8 Å². The Morgan fingerprint density at radius 3 is 2.34 bits per heavy atom. The lowest BCUT2D eigenvalue weighted by Gasteiger charge is -2.24. The van der Waals surface area contributed by atoms with Crippen LogP contribution < -0.4 is 5.32 Å². The molecule has 0 aliphatic carbocycles. The molecule has 8 nitrogen and oxygen atoms in total. The van der Waals surface area contributed by atoms with Crippen LogP contribution in [0, 0.1) is 0 Å². The summed E-state index contributed by atoms with van der Waals surface area (Å²) in [5.74, 6) is -1.16. The Balaban J connectivity index is 1.55. The van der Waals surface area contributed by atoms with Gasteiger partial charge in [-0.2, -0.15) is 4.31 Å². The molecule has 10 heteroatoms. The van der Waals surface area contributed by atoms with Crippen molar-refractivity contribution in [3.63, 3.8) is 0 Å². The third-order valence-corrected chi connectivity index (χ3v) is 8.01. The molecule has 29 heavy (non-hydrogen) atoms. The Morgan fingerprint density at radius 2 is 1.66 bits per heavy atom. The summed E-state index contributed by atoms with van der Waals surface area (Å²) in [5, 5.41) is 2.19. The summed E-state index contributed by atoms with van der Waals surface area (Å²) in [6, 6.07) is 11.3. The van der Waals surface area contributed by atoms with Crippen LogP contribution in [0.2, 0.25) is 0 Å². The molecule has 158 valence electrons. The topological polar surface area (TPSA) is 114 Å². The monoisotopic (exact) mass is 440 g/mol. The second kappa shape index (κ2) is 9.10. The number of hydrogen-bond acceptors (Lipinski definition) is 6. The number of benzene rings is 1. The largest absolute Gasteiger partial charge is 0.438 e. The smallest absolute Gasteiger partial charge is 0.287 e. The summed E-state index contributed by atoms with van der Waals surface area (Å²) in [6.45, 7) is 0.774. The Kier molecular flexibility index (Phi) is 6.76. The van der Waals surface area contributed by atoms with Crippen LogP contribution in [0.1, 0.15) is 35.4 Å². The zero-order valence-corrected chi connectivity index (χ0v) is 17.5. The third kappa shape index (κ3) is 5.68. The summed E-state index contributed by atoms with van der Waals surface area (Å²) in [5.41, 5.74) is 0.678. The minimum Gasteiger partial charge on any atom is -0.438 e. The first-order chi connectivity index (χ1) is 13.8. The van der Waals surface area contributed by atoms with Gasteiger partial charge < -0.3 is 9.73 Å². The molecule has 0 saturated carbocycles. The van der Waals surface area contributed by atoms with Crippen LogP contribution >= 0.6 is 0 Å². The van der Waals surface area contributed by atoms with E-state index in [1.54, 1.807) is 30.3 Å². The van der Waals surface area contributed by atoms with Crippen molar-refractivity contribution in [1.29, 1.82) is 0 Å². The van der Waals surface area contributed by atoms with E-state index in [9.17, 15) is 21.6 Å². The second-order valence-corrected chi connectivity index (χ2v) is 11.0. The molecule has 0 unspecified atom stereocenters. The van der Waals surface area contributed by atoms with Gasteiger partial charge in [-0.05, 0) is 30.5 Å². The highest BCUT2D eigenvalue weighted by atomic mass is 32.2. The van der Waals surface area contributed by atoms with Gasteiger partial charge in [0, 0.05) is 19.6 Å². The summed E-state index contributed by atoms with van der Waals surface area (Å²) in [6.07, 6.45) is 2.58. The number of carbonyl (C=O) groups excluding carboxylic acids is 1. The molecule has 1 aliphatic rings. The van der Waals surface area contributed by atoms with E-state index < -0.39 is 25.8 Å². The Morgan fingerprint density at radius 1 is 0.966 bits per heavy atom. The lowest BCUT2D eigenvalue weighted by Crippen LogP contribution is -2.35. The van der Waals surface area contributed by atoms with Crippen LogP contribution in [0.25, 0.3) is 0 Å². The van der Waals surface area contributed by atoms with Gasteiger partial charge >= 0.3 is 0 Å². The average molecular weight is 441 g/mol. The van der Waals surface area contributed by atoms with E-state index in [4.69, 9.17) is 4.42 Å².